The van der Waals surface area contributed by atoms with E-state index in [0.29, 0.717) is 17.4 Å². The summed E-state index contributed by atoms with van der Waals surface area (Å²) in [4.78, 5) is 25.5. The predicted molar refractivity (Wildman–Crippen MR) is 339 cm³/mol. The lowest BCUT2D eigenvalue weighted by molar-refractivity contribution is -0.870. The van der Waals surface area contributed by atoms with Crippen molar-refractivity contribution in [2.45, 2.75) is 270 Å². The van der Waals surface area contributed by atoms with Crippen LogP contribution in [0.5, 0.6) is 0 Å². The van der Waals surface area contributed by atoms with E-state index in [2.05, 4.69) is 129 Å². The van der Waals surface area contributed by atoms with Crippen LogP contribution < -0.4 is 10.2 Å². The molecule has 2 N–H and O–H groups in total. The number of aliphatic hydroxyl groups is 1. The van der Waals surface area contributed by atoms with Crippen molar-refractivity contribution in [3.63, 3.8) is 0 Å². The summed E-state index contributed by atoms with van der Waals surface area (Å²) in [5.74, 6) is -0.213. The minimum Gasteiger partial charge on any atom is -0.756 e. The summed E-state index contributed by atoms with van der Waals surface area (Å²) in [7, 11) is 1.23. The van der Waals surface area contributed by atoms with Gasteiger partial charge in [-0.05, 0) is 103 Å². The molecule has 0 saturated carbocycles. The average molecular weight is 1110 g/mol. The van der Waals surface area contributed by atoms with E-state index in [4.69, 9.17) is 9.05 Å². The van der Waals surface area contributed by atoms with E-state index in [1.165, 1.54) is 148 Å². The van der Waals surface area contributed by atoms with Crippen LogP contribution >= 0.6 is 7.82 Å². The summed E-state index contributed by atoms with van der Waals surface area (Å²) in [6, 6.07) is -0.916. The molecule has 0 aromatic carbocycles. The molecule has 0 saturated heterocycles. The summed E-state index contributed by atoms with van der Waals surface area (Å²) in [6.45, 7) is 4.50. The van der Waals surface area contributed by atoms with Crippen molar-refractivity contribution < 1.29 is 32.9 Å². The lowest BCUT2D eigenvalue weighted by Gasteiger charge is -2.29. The number of allylic oxidation sites excluding steroid dienone is 19. The van der Waals surface area contributed by atoms with Crippen LogP contribution in [0.4, 0.5) is 0 Å². The molecule has 0 rings (SSSR count). The van der Waals surface area contributed by atoms with Crippen LogP contribution in [-0.4, -0.2) is 68.5 Å². The Morgan fingerprint density at radius 2 is 0.795 bits per heavy atom. The number of nitrogens with one attached hydrogen (secondary N) is 1. The molecule has 448 valence electrons. The molecule has 0 bridgehead atoms. The van der Waals surface area contributed by atoms with Crippen molar-refractivity contribution in [3.05, 3.63) is 122 Å². The number of hydrogen-bond donors (Lipinski definition) is 2. The molecule has 78 heavy (non-hydrogen) atoms. The van der Waals surface area contributed by atoms with Crippen LogP contribution in [0.15, 0.2) is 122 Å². The molecule has 8 nitrogen and oxygen atoms in total. The van der Waals surface area contributed by atoms with Crippen LogP contribution in [0.3, 0.4) is 0 Å². The minimum absolute atomic E-state index is 0.0127. The molecule has 0 aliphatic heterocycles. The second-order valence-corrected chi connectivity index (χ2v) is 23.8. The van der Waals surface area contributed by atoms with Gasteiger partial charge in [-0.3, -0.25) is 9.36 Å². The van der Waals surface area contributed by atoms with E-state index in [9.17, 15) is 19.4 Å². The van der Waals surface area contributed by atoms with Gasteiger partial charge in [0.15, 0.2) is 0 Å². The Morgan fingerprint density at radius 1 is 0.462 bits per heavy atom. The quantitative estimate of drug-likeness (QED) is 0.0272. The third-order valence-electron chi connectivity index (χ3n) is 13.6. The number of carbonyl (C=O) groups excluding carboxylic acids is 1. The number of quaternary nitrogens is 1. The van der Waals surface area contributed by atoms with Crippen molar-refractivity contribution in [2.75, 3.05) is 40.9 Å². The Morgan fingerprint density at radius 3 is 1.19 bits per heavy atom. The summed E-state index contributed by atoms with van der Waals surface area (Å²) < 4.78 is 23.3. The van der Waals surface area contributed by atoms with E-state index in [0.717, 1.165) is 89.9 Å². The highest BCUT2D eigenvalue weighted by Gasteiger charge is 2.23. The average Bonchev–Trinajstić information content (AvgIpc) is 3.40. The molecule has 0 aromatic heterocycles. The first kappa shape index (κ1) is 74.9. The zero-order chi connectivity index (χ0) is 57.0. The van der Waals surface area contributed by atoms with Gasteiger partial charge in [-0.1, -0.05) is 270 Å². The first-order chi connectivity index (χ1) is 38.0. The van der Waals surface area contributed by atoms with Gasteiger partial charge in [0.2, 0.25) is 5.91 Å². The Balaban J connectivity index is 4.06. The Bertz CT molecular complexity index is 1680. The first-order valence-electron chi connectivity index (χ1n) is 31.9. The van der Waals surface area contributed by atoms with E-state index in [1.54, 1.807) is 6.08 Å². The maximum absolute atomic E-state index is 13.0. The number of nitrogens with zero attached hydrogens (tertiary/aromatic N) is 1. The maximum atomic E-state index is 13.0. The second kappa shape index (κ2) is 58.6. The van der Waals surface area contributed by atoms with Crippen molar-refractivity contribution in [1.82, 2.24) is 5.32 Å². The highest BCUT2D eigenvalue weighted by Crippen LogP contribution is 2.38. The highest BCUT2D eigenvalue weighted by molar-refractivity contribution is 7.45. The molecule has 0 radical (unpaired) electrons. The summed E-state index contributed by atoms with van der Waals surface area (Å²) >= 11 is 0. The monoisotopic (exact) mass is 1100 g/mol. The molecule has 0 fully saturated rings. The molecular formula is C69H121N2O6P. The number of unbranched alkanes of at least 4 members (excludes halogenated alkanes) is 26. The lowest BCUT2D eigenvalue weighted by Crippen LogP contribution is -2.45. The summed E-state index contributed by atoms with van der Waals surface area (Å²) in [5, 5.41) is 13.9. The van der Waals surface area contributed by atoms with E-state index in [-0.39, 0.29) is 12.5 Å². The van der Waals surface area contributed by atoms with Gasteiger partial charge < -0.3 is 28.8 Å². The number of aliphatic hydroxyl groups excluding tert-OH is 1. The maximum Gasteiger partial charge on any atom is 0.268 e. The molecule has 9 heteroatoms. The molecular weight excluding hydrogens is 984 g/mol. The van der Waals surface area contributed by atoms with Gasteiger partial charge in [-0.15, -0.1) is 0 Å². The van der Waals surface area contributed by atoms with Crippen LogP contribution in [-0.2, 0) is 18.4 Å². The fourth-order valence-electron chi connectivity index (χ4n) is 8.70. The standard InChI is InChI=1S/C69H121N2O6P/c1-6-8-10-12-14-16-18-20-22-24-25-26-27-28-29-30-31-32-33-34-35-36-37-38-39-40-41-42-43-44-45-47-49-51-53-55-57-59-61-63-69(73)70-67(66-77-78(74,75)76-65-64-71(3,4)5)68(72)62-60-58-56-54-52-50-48-46-23-21-19-17-15-13-11-9-7-2/h8,10,14,16,20,22-23,25-26,28-29,31-32,34-35,46,52,54,60,62,67-68,72H,6-7,9,11-13,15,17-19,21,24,27,30,33,36-45,47-51,53,55-59,61,63-66H2,1-5H3,(H-,70,73,74,75)/b10-8-,16-14-,22-20-,26-25-,29-28-,32-31-,35-34-,46-23+,54-52+,62-60+. The van der Waals surface area contributed by atoms with Gasteiger partial charge >= 0.3 is 0 Å². The molecule has 3 atom stereocenters. The SMILES string of the molecule is CC/C=C\C/C=C\C/C=C\C/C=C\C/C=C\C/C=C\C/C=C\CCCCCCCCCCCCCCCCCCCC(=O)NC(COP(=O)([O-])OCC[N+](C)(C)C)C(O)/C=C/CC/C=C/CC/C=C/CCCCCCCCC. The number of phosphoric ester groups is 1. The molecule has 1 amide bonds. The van der Waals surface area contributed by atoms with Crippen molar-refractivity contribution >= 4 is 13.7 Å². The minimum atomic E-state index is -4.62. The van der Waals surface area contributed by atoms with E-state index >= 15 is 0 Å². The fraction of sp³-hybridized carbons (Fsp3) is 0.696. The molecule has 0 aliphatic carbocycles. The van der Waals surface area contributed by atoms with Crippen LogP contribution in [0.1, 0.15) is 258 Å². The van der Waals surface area contributed by atoms with Crippen molar-refractivity contribution in [3.8, 4) is 0 Å². The number of phosphoric acid groups is 1. The summed E-state index contributed by atoms with van der Waals surface area (Å²) in [5.41, 5.74) is 0. The van der Waals surface area contributed by atoms with Gasteiger partial charge in [0, 0.05) is 6.42 Å². The number of carbonyl (C=O) groups is 1. The third-order valence-corrected chi connectivity index (χ3v) is 14.6. The molecule has 0 aliphatic rings. The molecule has 0 aromatic rings. The molecule has 0 heterocycles. The smallest absolute Gasteiger partial charge is 0.268 e. The largest absolute Gasteiger partial charge is 0.756 e. The number of amides is 1. The van der Waals surface area contributed by atoms with Crippen LogP contribution in [0.25, 0.3) is 0 Å². The second-order valence-electron chi connectivity index (χ2n) is 22.4. The van der Waals surface area contributed by atoms with E-state index < -0.39 is 26.6 Å². The number of rotatable bonds is 57. The van der Waals surface area contributed by atoms with Crippen molar-refractivity contribution in [1.29, 1.82) is 0 Å². The Kier molecular flexibility index (Phi) is 56.2. The topological polar surface area (TPSA) is 108 Å². The number of hydrogen-bond acceptors (Lipinski definition) is 6. The molecule has 3 unspecified atom stereocenters. The van der Waals surface area contributed by atoms with Crippen molar-refractivity contribution in [2.24, 2.45) is 0 Å². The highest BCUT2D eigenvalue weighted by atomic mass is 31.2. The predicted octanol–water partition coefficient (Wildman–Crippen LogP) is 19.5. The Labute approximate surface area is 482 Å². The van der Waals surface area contributed by atoms with Crippen LogP contribution in [0.2, 0.25) is 0 Å². The number of likely N-dealkylation sites (N-methyl/N-ethyl adjacent to an activating group) is 1. The van der Waals surface area contributed by atoms with Crippen LogP contribution in [0, 0.1) is 0 Å². The van der Waals surface area contributed by atoms with Gasteiger partial charge in [-0.2, -0.15) is 0 Å². The lowest BCUT2D eigenvalue weighted by atomic mass is 10.0. The first-order valence-corrected chi connectivity index (χ1v) is 33.4. The van der Waals surface area contributed by atoms with Gasteiger partial charge in [0.05, 0.1) is 39.9 Å². The van der Waals surface area contributed by atoms with Gasteiger partial charge in [-0.25, -0.2) is 0 Å². The zero-order valence-corrected chi connectivity index (χ0v) is 52.0. The van der Waals surface area contributed by atoms with Gasteiger partial charge in [0.1, 0.15) is 13.2 Å². The third kappa shape index (κ3) is 60.5. The normalized spacial score (nSPS) is 14.6. The van der Waals surface area contributed by atoms with E-state index in [1.807, 2.05) is 27.2 Å². The summed E-state index contributed by atoms with van der Waals surface area (Å²) in [6.07, 6.45) is 87.3. The van der Waals surface area contributed by atoms with Gasteiger partial charge in [0.25, 0.3) is 7.82 Å². The zero-order valence-electron chi connectivity index (χ0n) is 51.1. The Hall–Kier alpha value is -3.10. The molecule has 0 spiro atoms. The fourth-order valence-corrected chi connectivity index (χ4v) is 9.42.